The zero-order valence-corrected chi connectivity index (χ0v) is 30.4. The molecule has 0 radical (unpaired) electrons. The first-order valence-corrected chi connectivity index (χ1v) is 16.2. The largest absolute Gasteiger partial charge is 0.479 e. The van der Waals surface area contributed by atoms with Crippen molar-refractivity contribution in [3.63, 3.8) is 0 Å². The van der Waals surface area contributed by atoms with Gasteiger partial charge in [-0.15, -0.1) is 20.5 Å². The van der Waals surface area contributed by atoms with Gasteiger partial charge in [-0.3, -0.25) is 10.2 Å². The summed E-state index contributed by atoms with van der Waals surface area (Å²) < 4.78 is 5.59. The second kappa shape index (κ2) is 11.9. The van der Waals surface area contributed by atoms with E-state index in [1.165, 1.54) is 0 Å². The fourth-order valence-corrected chi connectivity index (χ4v) is 5.52. The van der Waals surface area contributed by atoms with Crippen LogP contribution in [0.3, 0.4) is 0 Å². The Balaban J connectivity index is 1.37. The van der Waals surface area contributed by atoms with E-state index in [2.05, 4.69) is 82.0 Å². The Morgan fingerprint density at radius 1 is 0.698 bits per heavy atom. The number of fused-ring (bicyclic) bond motifs is 2. The van der Waals surface area contributed by atoms with Gasteiger partial charge in [0.05, 0.1) is 29.3 Å². The molecule has 0 aromatic carbocycles. The first-order valence-electron chi connectivity index (χ1n) is 16.2. The molecule has 0 aliphatic heterocycles. The maximum absolute atomic E-state index is 10.8. The summed E-state index contributed by atoms with van der Waals surface area (Å²) in [4.78, 5) is 16.3. The summed E-state index contributed by atoms with van der Waals surface area (Å²) in [5.74, 6) is 0.765. The van der Waals surface area contributed by atoms with Crippen LogP contribution in [0.2, 0.25) is 0 Å². The predicted molar refractivity (Wildman–Crippen MR) is 186 cm³/mol. The van der Waals surface area contributed by atoms with Crippen molar-refractivity contribution in [1.29, 1.82) is 5.26 Å². The molecule has 268 valence electrons. The van der Waals surface area contributed by atoms with Crippen molar-refractivity contribution < 1.29 is 5.11 Å². The predicted octanol–water partition coefficient (Wildman–Crippen LogP) is 5.77. The van der Waals surface area contributed by atoms with Crippen LogP contribution in [0, 0.1) is 45.6 Å². The number of aryl methyl sites for hydroxylation is 4. The molecule has 7 heterocycles. The second-order valence-electron chi connectivity index (χ2n) is 14.2. The molecule has 3 N–H and O–H groups in total. The monoisotopic (exact) mass is 715 g/mol. The van der Waals surface area contributed by atoms with Gasteiger partial charge in [-0.2, -0.15) is 69.2 Å². The van der Waals surface area contributed by atoms with Gasteiger partial charge >= 0.3 is 6.01 Å². The van der Waals surface area contributed by atoms with Gasteiger partial charge in [-0.05, 0) is 27.7 Å². The average molecular weight is 716 g/mol. The summed E-state index contributed by atoms with van der Waals surface area (Å²) in [6, 6.07) is 1.41. The number of nitrogens with one attached hydrogen (secondary N) is 2. The summed E-state index contributed by atoms with van der Waals surface area (Å²) in [7, 11) is 0. The highest BCUT2D eigenvalue weighted by molar-refractivity contribution is 5.71. The zero-order chi connectivity index (χ0) is 38.1. The molecule has 0 aliphatic carbocycles. The highest BCUT2D eigenvalue weighted by atomic mass is 16.3. The van der Waals surface area contributed by atoms with Crippen molar-refractivity contribution in [2.24, 2.45) is 20.5 Å². The van der Waals surface area contributed by atoms with E-state index in [4.69, 9.17) is 11.7 Å². The van der Waals surface area contributed by atoms with E-state index in [-0.39, 0.29) is 34.8 Å². The Morgan fingerprint density at radius 3 is 1.64 bits per heavy atom. The summed E-state index contributed by atoms with van der Waals surface area (Å²) in [5.41, 5.74) is 3.06. The Morgan fingerprint density at radius 2 is 1.17 bits per heavy atom. The minimum absolute atomic E-state index is 0.0199. The third-order valence-electron chi connectivity index (χ3n) is 8.14. The van der Waals surface area contributed by atoms with Crippen LogP contribution in [0.1, 0.15) is 81.5 Å². The van der Waals surface area contributed by atoms with Crippen molar-refractivity contribution in [2.45, 2.75) is 80.1 Å². The maximum Gasteiger partial charge on any atom is 0.320 e. The average Bonchev–Trinajstić information content (AvgIpc) is 3.91. The summed E-state index contributed by atoms with van der Waals surface area (Å²) in [6.07, 6.45) is 0. The molecule has 0 fully saturated rings. The first-order chi connectivity index (χ1) is 25.0. The number of hydrogen-bond acceptors (Lipinski definition) is 15. The van der Waals surface area contributed by atoms with E-state index < -0.39 is 16.8 Å². The molecular weight excluding hydrogens is 682 g/mol. The standard InChI is InChI=1S/C31H33N21O/c1-13-17(12-32)23(41-39-19-21(30(5,6)7)47-49-15(3)37-42-25(19)49)51(45-13)27-34-28(36-29(53)35-27)52-24(18(33-11)14(2)46-52)44-40-20-22(31(8,9)10)48-50-16(4)38-43-26(20)50/h42-43H,1-10H3,(H,34,35,36,53). The van der Waals surface area contributed by atoms with Crippen LogP contribution < -0.4 is 0 Å². The fourth-order valence-electron chi connectivity index (χ4n) is 5.52. The zero-order valence-electron chi connectivity index (χ0n) is 30.4. The van der Waals surface area contributed by atoms with Gasteiger partial charge in [0.15, 0.2) is 34.3 Å². The molecule has 0 aliphatic rings. The molecule has 7 aromatic rings. The molecule has 0 bridgehead atoms. The summed E-state index contributed by atoms with van der Waals surface area (Å²) in [6.45, 7) is 26.7. The SMILES string of the molecule is [C-]#[N+]c1c(C)nn(-c2nc(O)nc(-n3nc(C)c(C#N)c3N=Nc3c(C(C)(C)C)nn4c(C)n[nH]c34)n2)c1N=Nc1c(C(C)(C)C)nn2c(C)n[nH]c12. The van der Waals surface area contributed by atoms with E-state index in [9.17, 15) is 10.4 Å². The molecule has 0 atom stereocenters. The molecular formula is C31H33N21O. The number of nitriles is 1. The second-order valence-corrected chi connectivity index (χ2v) is 14.2. The fraction of sp³-hybridized carbons (Fsp3) is 0.387. The van der Waals surface area contributed by atoms with Gasteiger partial charge in [-0.1, -0.05) is 41.5 Å². The molecule has 0 saturated carbocycles. The van der Waals surface area contributed by atoms with Gasteiger partial charge in [0.1, 0.15) is 23.3 Å². The lowest BCUT2D eigenvalue weighted by atomic mass is 9.91. The molecule has 7 rings (SSSR count). The molecule has 0 unspecified atom stereocenters. The lowest BCUT2D eigenvalue weighted by Gasteiger charge is -2.15. The number of rotatable bonds is 6. The number of aromatic hydroxyl groups is 1. The molecule has 53 heavy (non-hydrogen) atoms. The van der Waals surface area contributed by atoms with Gasteiger partial charge in [-0.25, -0.2) is 4.85 Å². The summed E-state index contributed by atoms with van der Waals surface area (Å²) >= 11 is 0. The highest BCUT2D eigenvalue weighted by Crippen LogP contribution is 2.39. The van der Waals surface area contributed by atoms with E-state index in [1.807, 2.05) is 41.5 Å². The first kappa shape index (κ1) is 34.2. The minimum atomic E-state index is -0.706. The third kappa shape index (κ3) is 5.61. The highest BCUT2D eigenvalue weighted by Gasteiger charge is 2.29. The maximum atomic E-state index is 10.8. The summed E-state index contributed by atoms with van der Waals surface area (Å²) in [5, 5.41) is 71.5. The molecule has 22 nitrogen and oxygen atoms in total. The van der Waals surface area contributed by atoms with Gasteiger partial charge < -0.3 is 5.11 Å². The van der Waals surface area contributed by atoms with Gasteiger partial charge in [0, 0.05) is 10.8 Å². The van der Waals surface area contributed by atoms with Crippen LogP contribution in [0.5, 0.6) is 6.01 Å². The van der Waals surface area contributed by atoms with E-state index >= 15 is 0 Å². The quantitative estimate of drug-likeness (QED) is 0.137. The van der Waals surface area contributed by atoms with Gasteiger partial charge in [0.2, 0.25) is 0 Å². The number of hydrogen-bond donors (Lipinski definition) is 3. The topological polar surface area (TPSA) is 264 Å². The Hall–Kier alpha value is -7.23. The minimum Gasteiger partial charge on any atom is -0.479 e. The molecule has 0 spiro atoms. The number of nitrogens with zero attached hydrogens (tertiary/aromatic N) is 19. The number of aromatic amines is 2. The number of aromatic nitrogens is 15. The Kier molecular flexibility index (Phi) is 7.71. The Bertz CT molecular complexity index is 2550. The molecule has 0 amide bonds. The van der Waals surface area contributed by atoms with Crippen LogP contribution >= 0.6 is 0 Å². The van der Waals surface area contributed by atoms with Crippen molar-refractivity contribution in [3.8, 4) is 24.0 Å². The van der Waals surface area contributed by atoms with Crippen molar-refractivity contribution >= 4 is 40.0 Å². The van der Waals surface area contributed by atoms with Gasteiger partial charge in [0.25, 0.3) is 17.6 Å². The molecule has 22 heteroatoms. The normalized spacial score (nSPS) is 12.6. The lowest BCUT2D eigenvalue weighted by molar-refractivity contribution is 0.423. The van der Waals surface area contributed by atoms with Crippen LogP contribution in [0.4, 0.5) is 28.7 Å². The van der Waals surface area contributed by atoms with E-state index in [0.29, 0.717) is 57.1 Å². The van der Waals surface area contributed by atoms with E-state index in [0.717, 1.165) is 9.36 Å². The van der Waals surface area contributed by atoms with Crippen molar-refractivity contribution in [2.75, 3.05) is 0 Å². The smallest absolute Gasteiger partial charge is 0.320 e. The lowest BCUT2D eigenvalue weighted by Crippen LogP contribution is -2.12. The molecule has 0 saturated heterocycles. The third-order valence-corrected chi connectivity index (χ3v) is 8.14. The molecule has 7 aromatic heterocycles. The van der Waals surface area contributed by atoms with E-state index in [1.54, 1.807) is 36.7 Å². The van der Waals surface area contributed by atoms with Crippen LogP contribution in [-0.2, 0) is 10.8 Å². The van der Waals surface area contributed by atoms with Crippen LogP contribution in [0.25, 0.3) is 28.0 Å². The number of azo groups is 2. The number of H-pyrrole nitrogens is 2. The van der Waals surface area contributed by atoms with Crippen LogP contribution in [0.15, 0.2) is 20.5 Å². The Labute approximate surface area is 300 Å². The van der Waals surface area contributed by atoms with Crippen molar-refractivity contribution in [1.82, 2.24) is 74.1 Å². The van der Waals surface area contributed by atoms with Crippen LogP contribution in [-0.4, -0.2) is 79.2 Å². The van der Waals surface area contributed by atoms with Crippen molar-refractivity contribution in [3.05, 3.63) is 51.4 Å².